The Morgan fingerprint density at radius 1 is 0.923 bits per heavy atom. The van der Waals surface area contributed by atoms with E-state index in [2.05, 4.69) is 12.1 Å². The van der Waals surface area contributed by atoms with Crippen molar-refractivity contribution in [3.63, 3.8) is 0 Å². The highest BCUT2D eigenvalue weighted by atomic mass is 16.4. The molecule has 4 heteroatoms. The van der Waals surface area contributed by atoms with Gasteiger partial charge >= 0.3 is 5.97 Å². The number of benzene rings is 2. The molecule has 2 aromatic rings. The van der Waals surface area contributed by atoms with Crippen molar-refractivity contribution in [3.8, 4) is 11.1 Å². The summed E-state index contributed by atoms with van der Waals surface area (Å²) in [5.74, 6) is -0.487. The first-order chi connectivity index (χ1) is 12.6. The standard InChI is InChI=1S/C22H23NO3/c24-21(23-13-19(18-10-11-18)20(14-23)22(25)26)12-15-6-8-17(9-7-15)16-4-2-1-3-5-16/h1-9,18-20H,10-14H2,(H,25,26)/t19-,20+/m1/s1. The lowest BCUT2D eigenvalue weighted by atomic mass is 9.92. The van der Waals surface area contributed by atoms with E-state index in [0.717, 1.165) is 29.5 Å². The number of nitrogens with zero attached hydrogens (tertiary/aromatic N) is 1. The normalized spacial score (nSPS) is 22.4. The number of rotatable bonds is 5. The van der Waals surface area contributed by atoms with Crippen LogP contribution in [0, 0.1) is 17.8 Å². The lowest BCUT2D eigenvalue weighted by Crippen LogP contribution is -2.31. The highest BCUT2D eigenvalue weighted by Crippen LogP contribution is 2.44. The minimum atomic E-state index is -0.760. The second kappa shape index (κ2) is 6.94. The Balaban J connectivity index is 1.41. The predicted molar refractivity (Wildman–Crippen MR) is 99.5 cm³/mol. The molecule has 4 nitrogen and oxygen atoms in total. The van der Waals surface area contributed by atoms with Crippen molar-refractivity contribution in [2.75, 3.05) is 13.1 Å². The van der Waals surface area contributed by atoms with Gasteiger partial charge in [0.15, 0.2) is 0 Å². The fraction of sp³-hybridized carbons (Fsp3) is 0.364. The molecule has 1 heterocycles. The minimum Gasteiger partial charge on any atom is -0.481 e. The van der Waals surface area contributed by atoms with Gasteiger partial charge in [-0.15, -0.1) is 0 Å². The first-order valence-corrected chi connectivity index (χ1v) is 9.27. The first kappa shape index (κ1) is 16.8. The molecule has 26 heavy (non-hydrogen) atoms. The molecule has 2 aromatic carbocycles. The second-order valence-corrected chi connectivity index (χ2v) is 7.48. The zero-order chi connectivity index (χ0) is 18.1. The molecular weight excluding hydrogens is 326 g/mol. The first-order valence-electron chi connectivity index (χ1n) is 9.27. The van der Waals surface area contributed by atoms with Crippen molar-refractivity contribution >= 4 is 11.9 Å². The molecule has 1 N–H and O–H groups in total. The molecule has 0 radical (unpaired) electrons. The molecule has 1 aliphatic carbocycles. The average Bonchev–Trinajstić information content (AvgIpc) is 3.40. The van der Waals surface area contributed by atoms with E-state index in [4.69, 9.17) is 0 Å². The van der Waals surface area contributed by atoms with Crippen molar-refractivity contribution < 1.29 is 14.7 Å². The van der Waals surface area contributed by atoms with Crippen LogP contribution >= 0.6 is 0 Å². The van der Waals surface area contributed by atoms with Crippen LogP contribution in [0.15, 0.2) is 54.6 Å². The van der Waals surface area contributed by atoms with E-state index in [9.17, 15) is 14.7 Å². The summed E-state index contributed by atoms with van der Waals surface area (Å²) in [5.41, 5.74) is 3.25. The van der Waals surface area contributed by atoms with Crippen LogP contribution in [0.25, 0.3) is 11.1 Å². The maximum absolute atomic E-state index is 12.7. The Morgan fingerprint density at radius 2 is 1.58 bits per heavy atom. The number of amides is 1. The summed E-state index contributed by atoms with van der Waals surface area (Å²) in [6, 6.07) is 18.2. The lowest BCUT2D eigenvalue weighted by molar-refractivity contribution is -0.142. The van der Waals surface area contributed by atoms with Gasteiger partial charge in [0.1, 0.15) is 0 Å². The van der Waals surface area contributed by atoms with E-state index in [0.29, 0.717) is 25.4 Å². The molecule has 2 aliphatic rings. The zero-order valence-electron chi connectivity index (χ0n) is 14.7. The molecule has 2 fully saturated rings. The largest absolute Gasteiger partial charge is 0.481 e. The Bertz CT molecular complexity index is 796. The van der Waals surface area contributed by atoms with Gasteiger partial charge in [0.2, 0.25) is 5.91 Å². The minimum absolute atomic E-state index is 0.0341. The third-order valence-electron chi connectivity index (χ3n) is 5.68. The van der Waals surface area contributed by atoms with Crippen LogP contribution in [0.3, 0.4) is 0 Å². The molecular formula is C22H23NO3. The van der Waals surface area contributed by atoms with Crippen LogP contribution in [-0.4, -0.2) is 35.0 Å². The number of aliphatic carboxylic acids is 1. The van der Waals surface area contributed by atoms with E-state index >= 15 is 0 Å². The van der Waals surface area contributed by atoms with Crippen molar-refractivity contribution in [3.05, 3.63) is 60.2 Å². The van der Waals surface area contributed by atoms with Crippen LogP contribution in [0.5, 0.6) is 0 Å². The van der Waals surface area contributed by atoms with Gasteiger partial charge in [-0.2, -0.15) is 0 Å². The number of carbonyl (C=O) groups is 2. The molecule has 1 saturated carbocycles. The van der Waals surface area contributed by atoms with Crippen molar-refractivity contribution in [2.45, 2.75) is 19.3 Å². The zero-order valence-corrected chi connectivity index (χ0v) is 14.7. The maximum Gasteiger partial charge on any atom is 0.308 e. The number of carboxylic acids is 1. The highest BCUT2D eigenvalue weighted by Gasteiger charge is 2.46. The smallest absolute Gasteiger partial charge is 0.308 e. The van der Waals surface area contributed by atoms with Gasteiger partial charge in [-0.25, -0.2) is 0 Å². The van der Waals surface area contributed by atoms with E-state index in [1.807, 2.05) is 42.5 Å². The Morgan fingerprint density at radius 3 is 2.19 bits per heavy atom. The summed E-state index contributed by atoms with van der Waals surface area (Å²) in [6.07, 6.45) is 2.55. The van der Waals surface area contributed by atoms with Crippen LogP contribution in [0.4, 0.5) is 0 Å². The van der Waals surface area contributed by atoms with Gasteiger partial charge in [-0.05, 0) is 41.4 Å². The maximum atomic E-state index is 12.7. The number of carbonyl (C=O) groups excluding carboxylic acids is 1. The van der Waals surface area contributed by atoms with Crippen LogP contribution in [0.1, 0.15) is 18.4 Å². The van der Waals surface area contributed by atoms with E-state index in [-0.39, 0.29) is 11.8 Å². The van der Waals surface area contributed by atoms with E-state index < -0.39 is 11.9 Å². The third-order valence-corrected chi connectivity index (χ3v) is 5.68. The molecule has 4 rings (SSSR count). The summed E-state index contributed by atoms with van der Waals surface area (Å²) in [5, 5.41) is 9.45. The molecule has 1 aliphatic heterocycles. The topological polar surface area (TPSA) is 57.6 Å². The lowest BCUT2D eigenvalue weighted by Gasteiger charge is -2.16. The SMILES string of the molecule is O=C(O)[C@H]1CN(C(=O)Cc2ccc(-c3ccccc3)cc2)C[C@@H]1C1CC1. The van der Waals surface area contributed by atoms with E-state index in [1.165, 1.54) is 0 Å². The number of likely N-dealkylation sites (tertiary alicyclic amines) is 1. The summed E-state index contributed by atoms with van der Waals surface area (Å²) >= 11 is 0. The molecule has 1 saturated heterocycles. The molecule has 1 amide bonds. The summed E-state index contributed by atoms with van der Waals surface area (Å²) in [4.78, 5) is 25.9. The molecule has 134 valence electrons. The Kier molecular flexibility index (Phi) is 4.49. The quantitative estimate of drug-likeness (QED) is 0.899. The summed E-state index contributed by atoms with van der Waals surface area (Å²) < 4.78 is 0. The van der Waals surface area contributed by atoms with Gasteiger partial charge in [-0.3, -0.25) is 9.59 Å². The summed E-state index contributed by atoms with van der Waals surface area (Å²) in [7, 11) is 0. The van der Waals surface area contributed by atoms with Gasteiger partial charge < -0.3 is 10.0 Å². The predicted octanol–water partition coefficient (Wildman–Crippen LogP) is 3.47. The summed E-state index contributed by atoms with van der Waals surface area (Å²) in [6.45, 7) is 0.958. The fourth-order valence-corrected chi connectivity index (χ4v) is 4.03. The monoisotopic (exact) mass is 349 g/mol. The van der Waals surface area contributed by atoms with Gasteiger partial charge in [0.25, 0.3) is 0 Å². The van der Waals surface area contributed by atoms with Crippen molar-refractivity contribution in [2.24, 2.45) is 17.8 Å². The third kappa shape index (κ3) is 3.50. The second-order valence-electron chi connectivity index (χ2n) is 7.48. The van der Waals surface area contributed by atoms with Gasteiger partial charge in [0.05, 0.1) is 12.3 Å². The number of hydrogen-bond acceptors (Lipinski definition) is 2. The van der Waals surface area contributed by atoms with Crippen LogP contribution in [-0.2, 0) is 16.0 Å². The van der Waals surface area contributed by atoms with Crippen LogP contribution < -0.4 is 0 Å². The fourth-order valence-electron chi connectivity index (χ4n) is 4.03. The molecule has 0 spiro atoms. The van der Waals surface area contributed by atoms with E-state index in [1.54, 1.807) is 4.90 Å². The van der Waals surface area contributed by atoms with Crippen molar-refractivity contribution in [1.82, 2.24) is 4.90 Å². The van der Waals surface area contributed by atoms with Gasteiger partial charge in [-0.1, -0.05) is 54.6 Å². The molecule has 0 unspecified atom stereocenters. The Hall–Kier alpha value is -2.62. The van der Waals surface area contributed by atoms with Crippen molar-refractivity contribution in [1.29, 1.82) is 0 Å². The number of carboxylic acid groups (broad SMARTS) is 1. The molecule has 0 bridgehead atoms. The molecule has 0 aromatic heterocycles. The average molecular weight is 349 g/mol. The molecule has 2 atom stereocenters. The highest BCUT2D eigenvalue weighted by molar-refractivity contribution is 5.81. The van der Waals surface area contributed by atoms with Gasteiger partial charge in [0, 0.05) is 13.1 Å². The number of hydrogen-bond donors (Lipinski definition) is 1. The van der Waals surface area contributed by atoms with Crippen LogP contribution in [0.2, 0.25) is 0 Å². The Labute approximate surface area is 153 Å².